The average molecular weight is 425 g/mol. The zero-order valence-electron chi connectivity index (χ0n) is 20.1. The minimum absolute atomic E-state index is 0. The molecule has 0 radical (unpaired) electrons. The van der Waals surface area contributed by atoms with Gasteiger partial charge in [-0.05, 0) is 49.4 Å². The topological polar surface area (TPSA) is 12.4 Å². The number of rotatable bonds is 2. The molecule has 1 aliphatic rings. The molecule has 0 aromatic carbocycles. The molecule has 0 atom stereocenters. The van der Waals surface area contributed by atoms with Gasteiger partial charge >= 0.3 is 0 Å². The molecule has 0 heterocycles. The molecule has 3 heteroatoms. The third-order valence-electron chi connectivity index (χ3n) is 5.05. The van der Waals surface area contributed by atoms with Crippen LogP contribution in [0.15, 0.2) is 52.5 Å². The molecule has 1 rings (SSSR count). The molecule has 0 fully saturated rings. The summed E-state index contributed by atoms with van der Waals surface area (Å²) in [7, 11) is -1.58. The predicted molar refractivity (Wildman–Crippen MR) is 125 cm³/mol. The van der Waals surface area contributed by atoms with E-state index in [1.165, 1.54) is 11.3 Å². The quantitative estimate of drug-likeness (QED) is 0.238. The van der Waals surface area contributed by atoms with Gasteiger partial charge in [0, 0.05) is 33.8 Å². The maximum atomic E-state index is 5.43. The number of nitrogens with zero attached hydrogens (tertiary/aromatic N) is 1. The van der Waals surface area contributed by atoms with Crippen LogP contribution in [0.1, 0.15) is 89.5 Å². The van der Waals surface area contributed by atoms with Crippen molar-refractivity contribution in [2.24, 2.45) is 4.74 Å². The van der Waals surface area contributed by atoms with Crippen molar-refractivity contribution < 1.29 is 21.7 Å². The van der Waals surface area contributed by atoms with E-state index in [0.29, 0.717) is 0 Å². The SMILES string of the molecule is C=C(C)C(C)=CC.CC(C)(C)P(=NC1=CC=CC1)(C(C)(C)C)C(C)(C)C.[Ti]. The van der Waals surface area contributed by atoms with Gasteiger partial charge in [-0.15, -0.1) is 0 Å². The smallest absolute Gasteiger partial charge is 0.0425 e. The Bertz CT molecular complexity index is 599. The second-order valence-electron chi connectivity index (χ2n) is 10.3. The monoisotopic (exact) mass is 425 g/mol. The molecule has 0 aliphatic heterocycles. The average Bonchev–Trinajstić information content (AvgIpc) is 2.93. The first-order valence-corrected chi connectivity index (χ1v) is 11.5. The fourth-order valence-corrected chi connectivity index (χ4v) is 11.9. The zero-order valence-corrected chi connectivity index (χ0v) is 22.6. The molecule has 1 nitrogen and oxygen atoms in total. The van der Waals surface area contributed by atoms with Crippen LogP contribution in [0.3, 0.4) is 0 Å². The molecule has 154 valence electrons. The second-order valence-corrected chi connectivity index (χ2v) is 15.8. The Hall–Kier alpha value is -0.0957. The molecule has 0 saturated carbocycles. The standard InChI is InChI=1S/C17H32NP.C7H12.Ti/c1-15(2,3)19(16(4,5)6,17(7,8)9)18-14-12-10-11-13-14;1-5-7(4)6(2)3;/h10-12H,13H2,1-9H3;5H,2H2,1,3-4H3;. The van der Waals surface area contributed by atoms with E-state index >= 15 is 0 Å². The molecule has 0 saturated heterocycles. The van der Waals surface area contributed by atoms with Gasteiger partial charge in [0.1, 0.15) is 0 Å². The van der Waals surface area contributed by atoms with Crippen LogP contribution in [0.4, 0.5) is 0 Å². The summed E-state index contributed by atoms with van der Waals surface area (Å²) in [6, 6.07) is 0. The molecular weight excluding hydrogens is 381 g/mol. The van der Waals surface area contributed by atoms with Gasteiger partial charge in [0.2, 0.25) is 0 Å². The van der Waals surface area contributed by atoms with Crippen LogP contribution < -0.4 is 0 Å². The molecule has 0 N–H and O–H groups in total. The first kappa shape index (κ1) is 29.1. The fourth-order valence-electron chi connectivity index (χ4n) is 4.42. The molecule has 0 aromatic rings. The van der Waals surface area contributed by atoms with Gasteiger partial charge in [-0.25, -0.2) is 0 Å². The Morgan fingerprint density at radius 2 is 1.37 bits per heavy atom. The Labute approximate surface area is 185 Å². The first-order valence-electron chi connectivity index (χ1n) is 9.78. The fraction of sp³-hybridized carbons (Fsp3) is 0.667. The van der Waals surface area contributed by atoms with Crippen molar-refractivity contribution in [2.75, 3.05) is 0 Å². The van der Waals surface area contributed by atoms with Gasteiger partial charge in [-0.2, -0.15) is 0 Å². The van der Waals surface area contributed by atoms with Crippen molar-refractivity contribution in [3.8, 4) is 0 Å². The molecule has 0 bridgehead atoms. The van der Waals surface area contributed by atoms with E-state index < -0.39 is 7.05 Å². The Balaban J connectivity index is 0. The largest absolute Gasteiger partial charge is 0.270 e. The van der Waals surface area contributed by atoms with Crippen LogP contribution >= 0.6 is 7.05 Å². The van der Waals surface area contributed by atoms with Crippen LogP contribution in [-0.4, -0.2) is 15.5 Å². The third-order valence-corrected chi connectivity index (χ3v) is 11.4. The van der Waals surface area contributed by atoms with Crippen LogP contribution in [0.25, 0.3) is 0 Å². The minimum atomic E-state index is -1.58. The first-order chi connectivity index (χ1) is 11.5. The van der Waals surface area contributed by atoms with Crippen LogP contribution in [0.2, 0.25) is 0 Å². The van der Waals surface area contributed by atoms with Gasteiger partial charge in [0.25, 0.3) is 0 Å². The number of hydrogen-bond donors (Lipinski definition) is 0. The van der Waals surface area contributed by atoms with Gasteiger partial charge in [-0.3, -0.25) is 4.74 Å². The van der Waals surface area contributed by atoms with Crippen molar-refractivity contribution in [1.29, 1.82) is 0 Å². The third kappa shape index (κ3) is 7.34. The second kappa shape index (κ2) is 10.6. The summed E-state index contributed by atoms with van der Waals surface area (Å²) in [5.41, 5.74) is 3.70. The summed E-state index contributed by atoms with van der Waals surface area (Å²) in [5.74, 6) is 0. The Morgan fingerprint density at radius 3 is 1.56 bits per heavy atom. The Kier molecular flexibility index (Phi) is 11.4. The van der Waals surface area contributed by atoms with Crippen LogP contribution in [-0.2, 0) is 21.7 Å². The summed E-state index contributed by atoms with van der Waals surface area (Å²) in [4.78, 5) is 0. The number of allylic oxidation sites excluding steroid dienone is 6. The summed E-state index contributed by atoms with van der Waals surface area (Å²) < 4.78 is 5.43. The van der Waals surface area contributed by atoms with Crippen LogP contribution in [0.5, 0.6) is 0 Å². The van der Waals surface area contributed by atoms with Crippen LogP contribution in [0, 0.1) is 0 Å². The number of hydrogen-bond acceptors (Lipinski definition) is 1. The molecule has 0 aromatic heterocycles. The van der Waals surface area contributed by atoms with E-state index in [-0.39, 0.29) is 37.2 Å². The van der Waals surface area contributed by atoms with Gasteiger partial charge < -0.3 is 0 Å². The molecule has 0 unspecified atom stereocenters. The summed E-state index contributed by atoms with van der Waals surface area (Å²) in [6.45, 7) is 31.3. The van der Waals surface area contributed by atoms with Gasteiger partial charge in [0.15, 0.2) is 0 Å². The van der Waals surface area contributed by atoms with Crippen molar-refractivity contribution in [3.63, 3.8) is 0 Å². The normalized spacial score (nSPS) is 15.4. The van der Waals surface area contributed by atoms with Crippen molar-refractivity contribution >= 4 is 7.05 Å². The van der Waals surface area contributed by atoms with E-state index in [4.69, 9.17) is 4.74 Å². The molecule has 27 heavy (non-hydrogen) atoms. The zero-order chi connectivity index (χ0) is 21.0. The summed E-state index contributed by atoms with van der Waals surface area (Å²) in [6.07, 6.45) is 9.60. The van der Waals surface area contributed by atoms with Crippen molar-refractivity contribution in [3.05, 3.63) is 47.7 Å². The summed E-state index contributed by atoms with van der Waals surface area (Å²) >= 11 is 0. The Morgan fingerprint density at radius 1 is 0.963 bits per heavy atom. The van der Waals surface area contributed by atoms with Crippen molar-refractivity contribution in [2.45, 2.75) is 105 Å². The molecule has 1 aliphatic carbocycles. The predicted octanol–water partition coefficient (Wildman–Crippen LogP) is 8.95. The minimum Gasteiger partial charge on any atom is -0.270 e. The molecule has 0 spiro atoms. The van der Waals surface area contributed by atoms with Gasteiger partial charge in [-0.1, -0.05) is 98.3 Å². The van der Waals surface area contributed by atoms with E-state index in [2.05, 4.69) is 100 Å². The maximum Gasteiger partial charge on any atom is 0.0425 e. The summed E-state index contributed by atoms with van der Waals surface area (Å²) in [5, 5.41) is 0.646. The van der Waals surface area contributed by atoms with Crippen molar-refractivity contribution in [1.82, 2.24) is 0 Å². The van der Waals surface area contributed by atoms with Gasteiger partial charge in [0.05, 0.1) is 0 Å². The maximum absolute atomic E-state index is 5.43. The van der Waals surface area contributed by atoms with E-state index in [0.717, 1.165) is 12.0 Å². The molecule has 0 amide bonds. The molecular formula is C24H44NPTi. The van der Waals surface area contributed by atoms with E-state index in [1.807, 2.05) is 13.8 Å². The van der Waals surface area contributed by atoms with E-state index in [1.54, 1.807) is 0 Å². The van der Waals surface area contributed by atoms with E-state index in [9.17, 15) is 0 Å².